The molecule has 2 atom stereocenters. The van der Waals surface area contributed by atoms with Crippen molar-refractivity contribution >= 4 is 5.91 Å². The molecule has 6 nitrogen and oxygen atoms in total. The first-order valence-electron chi connectivity index (χ1n) is 8.84. The predicted molar refractivity (Wildman–Crippen MR) is 96.5 cm³/mol. The van der Waals surface area contributed by atoms with Crippen molar-refractivity contribution in [1.82, 2.24) is 20.0 Å². The van der Waals surface area contributed by atoms with Crippen molar-refractivity contribution in [3.8, 4) is 5.75 Å². The predicted octanol–water partition coefficient (Wildman–Crippen LogP) is 2.41. The van der Waals surface area contributed by atoms with Crippen molar-refractivity contribution in [3.05, 3.63) is 48.3 Å². The fourth-order valence-electron chi connectivity index (χ4n) is 3.41. The molecular formula is C19H26N4O2. The Balaban J connectivity index is 1.73. The van der Waals surface area contributed by atoms with E-state index in [9.17, 15) is 4.79 Å². The average Bonchev–Trinajstić information content (AvgIpc) is 3.35. The van der Waals surface area contributed by atoms with Gasteiger partial charge in [-0.15, -0.1) is 0 Å². The summed E-state index contributed by atoms with van der Waals surface area (Å²) in [5.41, 5.74) is 1.12. The maximum absolute atomic E-state index is 12.5. The van der Waals surface area contributed by atoms with E-state index in [0.717, 1.165) is 24.4 Å². The van der Waals surface area contributed by atoms with Crippen molar-refractivity contribution in [3.63, 3.8) is 0 Å². The Bertz CT molecular complexity index is 680. The molecule has 1 aromatic carbocycles. The maximum Gasteiger partial charge on any atom is 0.244 e. The van der Waals surface area contributed by atoms with Gasteiger partial charge >= 0.3 is 0 Å². The van der Waals surface area contributed by atoms with Crippen LogP contribution in [0.25, 0.3) is 0 Å². The molecule has 2 heterocycles. The Kier molecular flexibility index (Phi) is 5.71. The average molecular weight is 342 g/mol. The van der Waals surface area contributed by atoms with E-state index in [0.29, 0.717) is 6.54 Å². The number of rotatable bonds is 7. The largest absolute Gasteiger partial charge is 0.496 e. The molecule has 1 aliphatic rings. The summed E-state index contributed by atoms with van der Waals surface area (Å²) in [6.07, 6.45) is 5.89. The van der Waals surface area contributed by atoms with Crippen LogP contribution in [0, 0.1) is 0 Å². The van der Waals surface area contributed by atoms with E-state index in [1.807, 2.05) is 37.4 Å². The van der Waals surface area contributed by atoms with E-state index >= 15 is 0 Å². The standard InChI is InChI=1S/C19H26N4O2/c1-15(23-13-7-10-21-23)19(24)20-14-17(22-11-5-6-12-22)16-8-3-4-9-18(16)25-2/h3-4,7-10,13,15,17H,5-6,11-12,14H2,1-2H3,(H,20,24)/t15-,17-/m0/s1. The van der Waals surface area contributed by atoms with Crippen molar-refractivity contribution in [2.45, 2.75) is 31.8 Å². The molecule has 3 rings (SSSR count). The lowest BCUT2D eigenvalue weighted by Gasteiger charge is -2.29. The van der Waals surface area contributed by atoms with Crippen LogP contribution in [0.1, 0.15) is 37.4 Å². The smallest absolute Gasteiger partial charge is 0.244 e. The zero-order valence-corrected chi connectivity index (χ0v) is 14.9. The number of likely N-dealkylation sites (tertiary alicyclic amines) is 1. The van der Waals surface area contributed by atoms with E-state index < -0.39 is 0 Å². The van der Waals surface area contributed by atoms with Crippen LogP contribution in [0.3, 0.4) is 0 Å². The number of ether oxygens (including phenoxy) is 1. The third-order valence-corrected chi connectivity index (χ3v) is 4.85. The van der Waals surface area contributed by atoms with E-state index in [2.05, 4.69) is 21.4 Å². The lowest BCUT2D eigenvalue weighted by atomic mass is 10.0. The minimum atomic E-state index is -0.327. The van der Waals surface area contributed by atoms with Gasteiger partial charge in [0.05, 0.1) is 13.2 Å². The number of carbonyl (C=O) groups is 1. The lowest BCUT2D eigenvalue weighted by molar-refractivity contribution is -0.124. The van der Waals surface area contributed by atoms with Crippen LogP contribution in [0.4, 0.5) is 0 Å². The summed E-state index contributed by atoms with van der Waals surface area (Å²) in [4.78, 5) is 15.0. The summed E-state index contributed by atoms with van der Waals surface area (Å²) in [7, 11) is 1.69. The molecule has 0 aliphatic carbocycles. The van der Waals surface area contributed by atoms with Crippen LogP contribution < -0.4 is 10.1 Å². The first kappa shape index (κ1) is 17.5. The van der Waals surface area contributed by atoms with E-state index in [1.54, 1.807) is 18.0 Å². The van der Waals surface area contributed by atoms with Gasteiger partial charge in [0, 0.05) is 24.5 Å². The zero-order valence-electron chi connectivity index (χ0n) is 14.9. The highest BCUT2D eigenvalue weighted by molar-refractivity contribution is 5.79. The number of hydrogen-bond donors (Lipinski definition) is 1. The van der Waals surface area contributed by atoms with Crippen LogP contribution in [-0.4, -0.2) is 47.3 Å². The van der Waals surface area contributed by atoms with Crippen LogP contribution in [0.2, 0.25) is 0 Å². The number of nitrogens with zero attached hydrogens (tertiary/aromatic N) is 3. The van der Waals surface area contributed by atoms with Gasteiger partial charge in [0.2, 0.25) is 5.91 Å². The summed E-state index contributed by atoms with van der Waals surface area (Å²) >= 11 is 0. The van der Waals surface area contributed by atoms with E-state index in [4.69, 9.17) is 4.74 Å². The monoisotopic (exact) mass is 342 g/mol. The molecule has 1 amide bonds. The van der Waals surface area contributed by atoms with Crippen molar-refractivity contribution in [2.75, 3.05) is 26.7 Å². The number of aromatic nitrogens is 2. The molecule has 1 N–H and O–H groups in total. The van der Waals surface area contributed by atoms with Crippen LogP contribution >= 0.6 is 0 Å². The second-order valence-electron chi connectivity index (χ2n) is 6.41. The second kappa shape index (κ2) is 8.16. The van der Waals surface area contributed by atoms with Crippen LogP contribution in [0.5, 0.6) is 5.75 Å². The zero-order chi connectivity index (χ0) is 17.6. The van der Waals surface area contributed by atoms with Crippen molar-refractivity contribution < 1.29 is 9.53 Å². The van der Waals surface area contributed by atoms with Gasteiger partial charge in [0.1, 0.15) is 11.8 Å². The molecule has 1 fully saturated rings. The Morgan fingerprint density at radius 2 is 2.04 bits per heavy atom. The van der Waals surface area contributed by atoms with Gasteiger partial charge in [-0.1, -0.05) is 18.2 Å². The fourth-order valence-corrected chi connectivity index (χ4v) is 3.41. The molecule has 25 heavy (non-hydrogen) atoms. The first-order valence-corrected chi connectivity index (χ1v) is 8.84. The molecular weight excluding hydrogens is 316 g/mol. The van der Waals surface area contributed by atoms with Crippen LogP contribution in [-0.2, 0) is 4.79 Å². The number of amides is 1. The quantitative estimate of drug-likeness (QED) is 0.839. The van der Waals surface area contributed by atoms with Gasteiger partial charge in [-0.25, -0.2) is 0 Å². The molecule has 0 radical (unpaired) electrons. The van der Waals surface area contributed by atoms with Gasteiger partial charge in [-0.05, 0) is 45.0 Å². The number of methoxy groups -OCH3 is 1. The highest BCUT2D eigenvalue weighted by Crippen LogP contribution is 2.31. The van der Waals surface area contributed by atoms with Gasteiger partial charge < -0.3 is 10.1 Å². The molecule has 1 aliphatic heterocycles. The molecule has 134 valence electrons. The minimum Gasteiger partial charge on any atom is -0.496 e. The second-order valence-corrected chi connectivity index (χ2v) is 6.41. The van der Waals surface area contributed by atoms with Gasteiger partial charge in [0.25, 0.3) is 0 Å². The third kappa shape index (κ3) is 4.02. The number of nitrogens with one attached hydrogen (secondary N) is 1. The van der Waals surface area contributed by atoms with Gasteiger partial charge in [-0.2, -0.15) is 5.10 Å². The normalized spacial score (nSPS) is 17.2. The Labute approximate surface area is 148 Å². The fraction of sp³-hybridized carbons (Fsp3) is 0.474. The third-order valence-electron chi connectivity index (χ3n) is 4.85. The first-order chi connectivity index (χ1) is 12.2. The summed E-state index contributed by atoms with van der Waals surface area (Å²) in [6.45, 7) is 4.52. The summed E-state index contributed by atoms with van der Waals surface area (Å²) < 4.78 is 7.22. The Morgan fingerprint density at radius 3 is 2.72 bits per heavy atom. The van der Waals surface area contributed by atoms with E-state index in [-0.39, 0.29) is 18.0 Å². The molecule has 0 spiro atoms. The number of benzene rings is 1. The lowest BCUT2D eigenvalue weighted by Crippen LogP contribution is -2.39. The van der Waals surface area contributed by atoms with Gasteiger partial charge in [-0.3, -0.25) is 14.4 Å². The minimum absolute atomic E-state index is 0.0252. The molecule has 2 aromatic rings. The molecule has 0 bridgehead atoms. The molecule has 1 aromatic heterocycles. The summed E-state index contributed by atoms with van der Waals surface area (Å²) in [5, 5.41) is 7.25. The maximum atomic E-state index is 12.5. The summed E-state index contributed by atoms with van der Waals surface area (Å²) in [5.74, 6) is 0.844. The number of para-hydroxylation sites is 1. The van der Waals surface area contributed by atoms with Crippen LogP contribution in [0.15, 0.2) is 42.7 Å². The molecule has 6 heteroatoms. The highest BCUT2D eigenvalue weighted by Gasteiger charge is 2.27. The van der Waals surface area contributed by atoms with Crippen molar-refractivity contribution in [2.24, 2.45) is 0 Å². The molecule has 0 saturated carbocycles. The Hall–Kier alpha value is -2.34. The number of carbonyl (C=O) groups excluding carboxylic acids is 1. The topological polar surface area (TPSA) is 59.4 Å². The molecule has 0 unspecified atom stereocenters. The van der Waals surface area contributed by atoms with Gasteiger partial charge in [0.15, 0.2) is 0 Å². The Morgan fingerprint density at radius 1 is 1.28 bits per heavy atom. The van der Waals surface area contributed by atoms with E-state index in [1.165, 1.54) is 12.8 Å². The molecule has 1 saturated heterocycles. The highest BCUT2D eigenvalue weighted by atomic mass is 16.5. The van der Waals surface area contributed by atoms with Crippen molar-refractivity contribution in [1.29, 1.82) is 0 Å². The summed E-state index contributed by atoms with van der Waals surface area (Å²) in [6, 6.07) is 9.68. The number of hydrogen-bond acceptors (Lipinski definition) is 4. The SMILES string of the molecule is COc1ccccc1[C@H](CNC(=O)[C@H](C)n1cccn1)N1CCCC1.